The Morgan fingerprint density at radius 3 is 2.37 bits per heavy atom. The van der Waals surface area contributed by atoms with E-state index in [0.29, 0.717) is 61.4 Å². The summed E-state index contributed by atoms with van der Waals surface area (Å²) in [5.41, 5.74) is 0.724. The maximum Gasteiger partial charge on any atom is 0.433 e. The number of hydrogen-bond acceptors (Lipinski definition) is 9. The number of alkyl halides is 3. The van der Waals surface area contributed by atoms with Gasteiger partial charge in [0, 0.05) is 38.9 Å². The monoisotopic (exact) mass is 508 g/mol. The number of hydrogen-bond donors (Lipinski definition) is 1. The minimum absolute atomic E-state index is 0.321. The highest BCUT2D eigenvalue weighted by Gasteiger charge is 2.32. The van der Waals surface area contributed by atoms with Crippen molar-refractivity contribution in [2.24, 2.45) is 0 Å². The van der Waals surface area contributed by atoms with Crippen LogP contribution in [0.5, 0.6) is 0 Å². The van der Waals surface area contributed by atoms with Crippen molar-refractivity contribution < 1.29 is 21.6 Å². The number of halogens is 3. The molecule has 3 aromatic heterocycles. The lowest BCUT2D eigenvalue weighted by Gasteiger charge is -2.33. The molecule has 0 aliphatic carbocycles. The Morgan fingerprint density at radius 2 is 1.77 bits per heavy atom. The van der Waals surface area contributed by atoms with Crippen molar-refractivity contribution in [1.82, 2.24) is 34.1 Å². The smallest absolute Gasteiger partial charge is 0.338 e. The Bertz CT molecular complexity index is 1290. The molecule has 3 aromatic rings. The largest absolute Gasteiger partial charge is 0.433 e. The Hall–Kier alpha value is -3.23. The van der Waals surface area contributed by atoms with Crippen LogP contribution < -0.4 is 5.32 Å². The first-order valence-electron chi connectivity index (χ1n) is 10.6. The first-order chi connectivity index (χ1) is 16.5. The molecule has 186 valence electrons. The predicted molar refractivity (Wildman–Crippen MR) is 122 cm³/mol. The molecule has 35 heavy (non-hydrogen) atoms. The molecule has 1 aliphatic rings. The molecule has 4 rings (SSSR count). The van der Waals surface area contributed by atoms with E-state index in [1.54, 1.807) is 13.1 Å². The second-order valence-corrected chi connectivity index (χ2v) is 10.1. The van der Waals surface area contributed by atoms with E-state index in [4.69, 9.17) is 0 Å². The SMILES string of the molecule is Cc1ncnc(-c2cc(CN3CCN(S(C)(=O)=O)CC3)cnc2Nc2ccc(C(F)(F)F)nc2)n1. The van der Waals surface area contributed by atoms with Gasteiger partial charge in [-0.3, -0.25) is 4.90 Å². The van der Waals surface area contributed by atoms with Crippen LogP contribution in [0.25, 0.3) is 11.4 Å². The van der Waals surface area contributed by atoms with Gasteiger partial charge in [0.2, 0.25) is 10.0 Å². The van der Waals surface area contributed by atoms with Crippen LogP contribution in [0.4, 0.5) is 24.7 Å². The fourth-order valence-electron chi connectivity index (χ4n) is 3.62. The van der Waals surface area contributed by atoms with E-state index in [1.165, 1.54) is 23.0 Å². The van der Waals surface area contributed by atoms with Crippen molar-refractivity contribution in [1.29, 1.82) is 0 Å². The minimum atomic E-state index is -4.53. The van der Waals surface area contributed by atoms with E-state index in [2.05, 4.69) is 35.1 Å². The lowest BCUT2D eigenvalue weighted by atomic mass is 10.1. The molecular formula is C21H23F3N8O2S. The number of nitrogens with one attached hydrogen (secondary N) is 1. The highest BCUT2D eigenvalue weighted by molar-refractivity contribution is 7.88. The molecule has 0 unspecified atom stereocenters. The minimum Gasteiger partial charge on any atom is -0.338 e. The second kappa shape index (κ2) is 9.79. The van der Waals surface area contributed by atoms with Crippen molar-refractivity contribution >= 4 is 21.5 Å². The molecule has 0 radical (unpaired) electrons. The molecule has 1 aliphatic heterocycles. The predicted octanol–water partition coefficient (Wildman–Crippen LogP) is 2.48. The van der Waals surface area contributed by atoms with Gasteiger partial charge in [-0.1, -0.05) is 0 Å². The van der Waals surface area contributed by atoms with E-state index < -0.39 is 21.9 Å². The average Bonchev–Trinajstić information content (AvgIpc) is 2.79. The zero-order valence-corrected chi connectivity index (χ0v) is 19.8. The van der Waals surface area contributed by atoms with Crippen LogP contribution >= 0.6 is 0 Å². The summed E-state index contributed by atoms with van der Waals surface area (Å²) in [6, 6.07) is 4.01. The van der Waals surface area contributed by atoms with Gasteiger partial charge in [0.1, 0.15) is 23.7 Å². The summed E-state index contributed by atoms with van der Waals surface area (Å²) in [7, 11) is -3.22. The van der Waals surface area contributed by atoms with Crippen molar-refractivity contribution in [3.8, 4) is 11.4 Å². The van der Waals surface area contributed by atoms with E-state index in [9.17, 15) is 21.6 Å². The van der Waals surface area contributed by atoms with Crippen molar-refractivity contribution in [2.45, 2.75) is 19.6 Å². The molecule has 1 fully saturated rings. The molecule has 0 saturated carbocycles. The highest BCUT2D eigenvalue weighted by atomic mass is 32.2. The normalized spacial score (nSPS) is 15.8. The van der Waals surface area contributed by atoms with E-state index in [0.717, 1.165) is 17.8 Å². The standard InChI is InChI=1S/C21H23F3N8O2S/c1-14-27-13-28-20(29-14)17-9-15(12-31-5-7-32(8-6-31)35(2,33)34)10-26-19(17)30-16-3-4-18(25-11-16)21(22,23)24/h3-4,9-11,13H,5-8,12H2,1-2H3,(H,26,30). The summed E-state index contributed by atoms with van der Waals surface area (Å²) < 4.78 is 63.4. The van der Waals surface area contributed by atoms with E-state index >= 15 is 0 Å². The number of rotatable bonds is 6. The first kappa shape index (κ1) is 24.9. The van der Waals surface area contributed by atoms with Crippen molar-refractivity contribution in [2.75, 3.05) is 37.8 Å². The summed E-state index contributed by atoms with van der Waals surface area (Å²) in [4.78, 5) is 22.7. The average molecular weight is 509 g/mol. The molecule has 1 saturated heterocycles. The summed E-state index contributed by atoms with van der Waals surface area (Å²) in [5, 5.41) is 2.99. The topological polar surface area (TPSA) is 117 Å². The summed E-state index contributed by atoms with van der Waals surface area (Å²) in [6.45, 7) is 4.22. The third-order valence-electron chi connectivity index (χ3n) is 5.40. The van der Waals surface area contributed by atoms with Crippen LogP contribution in [0.3, 0.4) is 0 Å². The quantitative estimate of drug-likeness (QED) is 0.536. The van der Waals surface area contributed by atoms with Crippen LogP contribution in [-0.4, -0.2) is 75.0 Å². The maximum absolute atomic E-state index is 12.8. The fourth-order valence-corrected chi connectivity index (χ4v) is 4.45. The Morgan fingerprint density at radius 1 is 1.03 bits per heavy atom. The van der Waals surface area contributed by atoms with E-state index in [-0.39, 0.29) is 0 Å². The molecule has 14 heteroatoms. The van der Waals surface area contributed by atoms with Crippen LogP contribution in [0.15, 0.2) is 36.9 Å². The third-order valence-corrected chi connectivity index (χ3v) is 6.70. The summed E-state index contributed by atoms with van der Waals surface area (Å²) >= 11 is 0. The zero-order valence-electron chi connectivity index (χ0n) is 19.0. The number of anilines is 2. The summed E-state index contributed by atoms with van der Waals surface area (Å²) in [6.07, 6.45) is 0.785. The van der Waals surface area contributed by atoms with Gasteiger partial charge >= 0.3 is 6.18 Å². The van der Waals surface area contributed by atoms with Crippen LogP contribution in [0, 0.1) is 6.92 Å². The molecule has 0 amide bonds. The molecule has 0 atom stereocenters. The van der Waals surface area contributed by atoms with Gasteiger partial charge in [0.05, 0.1) is 23.7 Å². The molecule has 0 spiro atoms. The third kappa shape index (κ3) is 6.26. The Kier molecular flexibility index (Phi) is 6.96. The van der Waals surface area contributed by atoms with Crippen molar-refractivity contribution in [3.63, 3.8) is 0 Å². The summed E-state index contributed by atoms with van der Waals surface area (Å²) in [5.74, 6) is 1.21. The Labute approximate surface area is 200 Å². The van der Waals surface area contributed by atoms with Crippen LogP contribution in [0.2, 0.25) is 0 Å². The van der Waals surface area contributed by atoms with Crippen LogP contribution in [-0.2, 0) is 22.7 Å². The van der Waals surface area contributed by atoms with Gasteiger partial charge in [-0.2, -0.15) is 17.5 Å². The van der Waals surface area contributed by atoms with Gasteiger partial charge in [-0.25, -0.2) is 33.3 Å². The fraction of sp³-hybridized carbons (Fsp3) is 0.381. The number of aryl methyl sites for hydroxylation is 1. The van der Waals surface area contributed by atoms with Gasteiger partial charge in [0.15, 0.2) is 5.82 Å². The van der Waals surface area contributed by atoms with Crippen LogP contribution in [0.1, 0.15) is 17.1 Å². The molecule has 1 N–H and O–H groups in total. The molecular weight excluding hydrogens is 485 g/mol. The number of piperazine rings is 1. The lowest BCUT2D eigenvalue weighted by molar-refractivity contribution is -0.141. The van der Waals surface area contributed by atoms with Gasteiger partial charge < -0.3 is 5.32 Å². The maximum atomic E-state index is 12.8. The number of pyridine rings is 2. The second-order valence-electron chi connectivity index (χ2n) is 8.09. The first-order valence-corrected chi connectivity index (χ1v) is 12.5. The van der Waals surface area contributed by atoms with Gasteiger partial charge in [-0.05, 0) is 30.7 Å². The van der Waals surface area contributed by atoms with E-state index in [1.807, 2.05) is 6.07 Å². The molecule has 0 aromatic carbocycles. The number of nitrogens with zero attached hydrogens (tertiary/aromatic N) is 7. The highest BCUT2D eigenvalue weighted by Crippen LogP contribution is 2.30. The number of sulfonamides is 1. The number of aromatic nitrogens is 5. The molecule has 0 bridgehead atoms. The zero-order chi connectivity index (χ0) is 25.2. The van der Waals surface area contributed by atoms with Gasteiger partial charge in [-0.15, -0.1) is 0 Å². The Balaban J connectivity index is 1.58. The lowest BCUT2D eigenvalue weighted by Crippen LogP contribution is -2.47. The molecule has 10 nitrogen and oxygen atoms in total. The van der Waals surface area contributed by atoms with Crippen molar-refractivity contribution in [3.05, 3.63) is 54.0 Å². The molecule has 4 heterocycles. The van der Waals surface area contributed by atoms with Gasteiger partial charge in [0.25, 0.3) is 0 Å².